The predicted octanol–water partition coefficient (Wildman–Crippen LogP) is 3.16. The smallest absolute Gasteiger partial charge is 0.134 e. The highest BCUT2D eigenvalue weighted by Gasteiger charge is 2.31. The fourth-order valence-corrected chi connectivity index (χ4v) is 3.19. The second-order valence-corrected chi connectivity index (χ2v) is 5.93. The summed E-state index contributed by atoms with van der Waals surface area (Å²) < 4.78 is 0. The van der Waals surface area contributed by atoms with Gasteiger partial charge in [-0.05, 0) is 31.5 Å². The van der Waals surface area contributed by atoms with Crippen molar-refractivity contribution in [1.82, 2.24) is 5.32 Å². The zero-order valence-corrected chi connectivity index (χ0v) is 10.3. The standard InChI is InChI=1S/C11H14ClNOS/c1-11(2)6-15-10(13-11)7-3-4-9(14)8(12)5-7/h3-5,10,13-14H,6H2,1-2H3. The lowest BCUT2D eigenvalue weighted by Gasteiger charge is -2.19. The van der Waals surface area contributed by atoms with Crippen LogP contribution < -0.4 is 5.32 Å². The van der Waals surface area contributed by atoms with Gasteiger partial charge in [-0.3, -0.25) is 5.32 Å². The number of hydrogen-bond donors (Lipinski definition) is 2. The molecule has 1 fully saturated rings. The highest BCUT2D eigenvalue weighted by molar-refractivity contribution is 7.99. The van der Waals surface area contributed by atoms with E-state index >= 15 is 0 Å². The Kier molecular flexibility index (Phi) is 2.88. The van der Waals surface area contributed by atoms with Crippen LogP contribution in [0.4, 0.5) is 0 Å². The predicted molar refractivity (Wildman–Crippen MR) is 65.5 cm³/mol. The van der Waals surface area contributed by atoms with Gasteiger partial charge in [0.25, 0.3) is 0 Å². The zero-order valence-electron chi connectivity index (χ0n) is 8.75. The summed E-state index contributed by atoms with van der Waals surface area (Å²) in [5.41, 5.74) is 1.29. The van der Waals surface area contributed by atoms with Gasteiger partial charge in [0.1, 0.15) is 5.75 Å². The molecule has 1 unspecified atom stereocenters. The molecule has 0 saturated carbocycles. The lowest BCUT2D eigenvalue weighted by Crippen LogP contribution is -2.35. The van der Waals surface area contributed by atoms with E-state index in [-0.39, 0.29) is 16.7 Å². The van der Waals surface area contributed by atoms with Gasteiger partial charge in [0.2, 0.25) is 0 Å². The lowest BCUT2D eigenvalue weighted by molar-refractivity contribution is 0.451. The summed E-state index contributed by atoms with van der Waals surface area (Å²) in [7, 11) is 0. The molecule has 2 nitrogen and oxygen atoms in total. The maximum atomic E-state index is 9.33. The summed E-state index contributed by atoms with van der Waals surface area (Å²) >= 11 is 7.74. The average molecular weight is 244 g/mol. The Morgan fingerprint density at radius 1 is 1.53 bits per heavy atom. The maximum absolute atomic E-state index is 9.33. The molecular formula is C11H14ClNOS. The van der Waals surface area contributed by atoms with Crippen molar-refractivity contribution in [3.63, 3.8) is 0 Å². The van der Waals surface area contributed by atoms with E-state index in [0.29, 0.717) is 5.02 Å². The summed E-state index contributed by atoms with van der Waals surface area (Å²) in [6, 6.07) is 5.38. The molecule has 1 aromatic carbocycles. The van der Waals surface area contributed by atoms with Crippen LogP contribution in [-0.2, 0) is 0 Å². The molecule has 1 aromatic rings. The van der Waals surface area contributed by atoms with Crippen molar-refractivity contribution >= 4 is 23.4 Å². The lowest BCUT2D eigenvalue weighted by atomic mass is 10.1. The molecule has 0 radical (unpaired) electrons. The zero-order chi connectivity index (χ0) is 11.1. The maximum Gasteiger partial charge on any atom is 0.134 e. The topological polar surface area (TPSA) is 32.3 Å². The first kappa shape index (κ1) is 11.1. The number of benzene rings is 1. The third-order valence-corrected chi connectivity index (χ3v) is 4.32. The van der Waals surface area contributed by atoms with E-state index in [1.807, 2.05) is 23.9 Å². The minimum Gasteiger partial charge on any atom is -0.506 e. The minimum atomic E-state index is 0.141. The largest absolute Gasteiger partial charge is 0.506 e. The number of rotatable bonds is 1. The summed E-state index contributed by atoms with van der Waals surface area (Å²) in [6.07, 6.45) is 0. The van der Waals surface area contributed by atoms with Gasteiger partial charge in [-0.1, -0.05) is 17.7 Å². The van der Waals surface area contributed by atoms with Gasteiger partial charge < -0.3 is 5.11 Å². The molecule has 1 aliphatic heterocycles. The number of hydrogen-bond acceptors (Lipinski definition) is 3. The van der Waals surface area contributed by atoms with Gasteiger partial charge in [-0.15, -0.1) is 11.8 Å². The molecule has 0 aliphatic carbocycles. The van der Waals surface area contributed by atoms with Crippen molar-refractivity contribution in [1.29, 1.82) is 0 Å². The van der Waals surface area contributed by atoms with Crippen LogP contribution in [0.15, 0.2) is 18.2 Å². The van der Waals surface area contributed by atoms with Gasteiger partial charge in [0, 0.05) is 11.3 Å². The third kappa shape index (κ3) is 2.41. The molecular weight excluding hydrogens is 230 g/mol. The molecule has 0 bridgehead atoms. The highest BCUT2D eigenvalue weighted by Crippen LogP contribution is 2.39. The van der Waals surface area contributed by atoms with Crippen LogP contribution in [0.2, 0.25) is 5.02 Å². The first-order valence-corrected chi connectivity index (χ1v) is 6.28. The normalized spacial score (nSPS) is 24.3. The molecule has 1 aliphatic rings. The third-order valence-electron chi connectivity index (χ3n) is 2.41. The SMILES string of the molecule is CC1(C)CSC(c2ccc(O)c(Cl)c2)N1. The first-order chi connectivity index (χ1) is 6.98. The molecule has 15 heavy (non-hydrogen) atoms. The Morgan fingerprint density at radius 3 is 2.80 bits per heavy atom. The molecule has 2 N–H and O–H groups in total. The van der Waals surface area contributed by atoms with E-state index in [0.717, 1.165) is 11.3 Å². The summed E-state index contributed by atoms with van der Waals surface area (Å²) in [6.45, 7) is 4.37. The number of phenolic OH excluding ortho intramolecular Hbond substituents is 1. The van der Waals surface area contributed by atoms with Crippen molar-refractivity contribution < 1.29 is 5.11 Å². The van der Waals surface area contributed by atoms with Crippen molar-refractivity contribution in [2.24, 2.45) is 0 Å². The van der Waals surface area contributed by atoms with E-state index in [9.17, 15) is 5.11 Å². The van der Waals surface area contributed by atoms with Gasteiger partial charge in [0.15, 0.2) is 0 Å². The van der Waals surface area contributed by atoms with E-state index in [2.05, 4.69) is 19.2 Å². The van der Waals surface area contributed by atoms with E-state index in [1.54, 1.807) is 6.07 Å². The molecule has 0 spiro atoms. The van der Waals surface area contributed by atoms with E-state index < -0.39 is 0 Å². The number of thioether (sulfide) groups is 1. The number of aromatic hydroxyl groups is 1. The molecule has 4 heteroatoms. The summed E-state index contributed by atoms with van der Waals surface area (Å²) in [5, 5.41) is 13.5. The molecule has 0 amide bonds. The fourth-order valence-electron chi connectivity index (χ4n) is 1.60. The molecule has 82 valence electrons. The Morgan fingerprint density at radius 2 is 2.27 bits per heavy atom. The number of nitrogens with one attached hydrogen (secondary N) is 1. The Bertz CT molecular complexity index is 381. The Hall–Kier alpha value is -0.380. The van der Waals surface area contributed by atoms with Crippen molar-refractivity contribution in [2.45, 2.75) is 24.8 Å². The van der Waals surface area contributed by atoms with Crippen LogP contribution in [0.5, 0.6) is 5.75 Å². The molecule has 1 atom stereocenters. The Balaban J connectivity index is 2.21. The average Bonchev–Trinajstić information content (AvgIpc) is 2.51. The van der Waals surface area contributed by atoms with Crippen molar-refractivity contribution in [3.8, 4) is 5.75 Å². The number of phenols is 1. The van der Waals surface area contributed by atoms with E-state index in [1.165, 1.54) is 0 Å². The fraction of sp³-hybridized carbons (Fsp3) is 0.455. The van der Waals surface area contributed by atoms with Gasteiger partial charge >= 0.3 is 0 Å². The second kappa shape index (κ2) is 3.89. The van der Waals surface area contributed by atoms with E-state index in [4.69, 9.17) is 11.6 Å². The van der Waals surface area contributed by atoms with Gasteiger partial charge in [-0.2, -0.15) is 0 Å². The van der Waals surface area contributed by atoms with Crippen LogP contribution in [-0.4, -0.2) is 16.4 Å². The molecule has 2 rings (SSSR count). The summed E-state index contributed by atoms with van der Waals surface area (Å²) in [5.74, 6) is 1.22. The molecule has 0 aromatic heterocycles. The Labute approximate surface area is 99.0 Å². The van der Waals surface area contributed by atoms with Gasteiger partial charge in [-0.25, -0.2) is 0 Å². The van der Waals surface area contributed by atoms with Crippen molar-refractivity contribution in [3.05, 3.63) is 28.8 Å². The van der Waals surface area contributed by atoms with Crippen LogP contribution in [0, 0.1) is 0 Å². The highest BCUT2D eigenvalue weighted by atomic mass is 35.5. The second-order valence-electron chi connectivity index (χ2n) is 4.43. The molecule has 1 saturated heterocycles. The van der Waals surface area contributed by atoms with Gasteiger partial charge in [0.05, 0.1) is 10.4 Å². The minimum absolute atomic E-state index is 0.141. The van der Waals surface area contributed by atoms with Crippen LogP contribution in [0.25, 0.3) is 0 Å². The first-order valence-electron chi connectivity index (χ1n) is 4.86. The van der Waals surface area contributed by atoms with Crippen LogP contribution >= 0.6 is 23.4 Å². The quantitative estimate of drug-likeness (QED) is 0.795. The molecule has 1 heterocycles. The van der Waals surface area contributed by atoms with Crippen LogP contribution in [0.3, 0.4) is 0 Å². The monoisotopic (exact) mass is 243 g/mol. The number of halogens is 1. The van der Waals surface area contributed by atoms with Crippen molar-refractivity contribution in [2.75, 3.05) is 5.75 Å². The summed E-state index contributed by atoms with van der Waals surface area (Å²) in [4.78, 5) is 0. The van der Waals surface area contributed by atoms with Crippen LogP contribution in [0.1, 0.15) is 24.8 Å².